The lowest BCUT2D eigenvalue weighted by atomic mass is 9.80. The normalized spacial score (nSPS) is 19.2. The van der Waals surface area contributed by atoms with Gasteiger partial charge in [-0.25, -0.2) is 4.98 Å². The fraction of sp³-hybridized carbons (Fsp3) is 0.733. The van der Waals surface area contributed by atoms with Crippen LogP contribution in [0.15, 0.2) is 0 Å². The Balaban J connectivity index is 2.20. The largest absolute Gasteiger partial charge is 0.309 e. The van der Waals surface area contributed by atoms with Crippen LogP contribution in [0.5, 0.6) is 0 Å². The summed E-state index contributed by atoms with van der Waals surface area (Å²) in [6.45, 7) is 6.43. The van der Waals surface area contributed by atoms with Crippen LogP contribution in [-0.2, 0) is 13.5 Å². The Morgan fingerprint density at radius 2 is 2.05 bits per heavy atom. The maximum Gasteiger partial charge on any atom is 0.158 e. The number of nitrogens with zero attached hydrogens (tertiary/aromatic N) is 4. The van der Waals surface area contributed by atoms with E-state index in [4.69, 9.17) is 16.6 Å². The molecule has 2 unspecified atom stereocenters. The van der Waals surface area contributed by atoms with Crippen LogP contribution >= 0.6 is 11.6 Å². The summed E-state index contributed by atoms with van der Waals surface area (Å²) in [7, 11) is 2.01. The van der Waals surface area contributed by atoms with Crippen molar-refractivity contribution in [3.63, 3.8) is 0 Å². The number of hydrogen-bond donors (Lipinski definition) is 0. The zero-order chi connectivity index (χ0) is 14.4. The van der Waals surface area contributed by atoms with Crippen molar-refractivity contribution >= 4 is 22.8 Å². The third-order valence-electron chi connectivity index (χ3n) is 4.69. The van der Waals surface area contributed by atoms with Gasteiger partial charge in [0, 0.05) is 13.1 Å². The molecule has 1 saturated carbocycles. The molecule has 2 atom stereocenters. The van der Waals surface area contributed by atoms with Crippen molar-refractivity contribution in [3.05, 3.63) is 11.5 Å². The van der Waals surface area contributed by atoms with Gasteiger partial charge in [0.2, 0.25) is 0 Å². The maximum absolute atomic E-state index is 6.38. The van der Waals surface area contributed by atoms with E-state index >= 15 is 0 Å². The van der Waals surface area contributed by atoms with Crippen LogP contribution < -0.4 is 0 Å². The van der Waals surface area contributed by atoms with Gasteiger partial charge in [-0.2, -0.15) is 5.10 Å². The molecule has 0 bridgehead atoms. The molecule has 1 aliphatic rings. The molecule has 20 heavy (non-hydrogen) atoms. The lowest BCUT2D eigenvalue weighted by Gasteiger charge is -2.33. The van der Waals surface area contributed by atoms with E-state index in [0.29, 0.717) is 6.04 Å². The zero-order valence-electron chi connectivity index (χ0n) is 12.7. The van der Waals surface area contributed by atoms with Gasteiger partial charge in [-0.3, -0.25) is 4.68 Å². The zero-order valence-corrected chi connectivity index (χ0v) is 13.5. The Hall–Kier alpha value is -1.03. The number of halogens is 1. The molecule has 1 aliphatic carbocycles. The number of rotatable bonds is 4. The SMILES string of the molecule is CCc1nn(C)c2c1nc(C(C)Cl)n2C(C)C1CCC1. The lowest BCUT2D eigenvalue weighted by Crippen LogP contribution is -2.25. The number of imidazole rings is 1. The van der Waals surface area contributed by atoms with Gasteiger partial charge < -0.3 is 4.57 Å². The highest BCUT2D eigenvalue weighted by molar-refractivity contribution is 6.20. The maximum atomic E-state index is 6.38. The third-order valence-corrected chi connectivity index (χ3v) is 4.89. The summed E-state index contributed by atoms with van der Waals surface area (Å²) in [5.41, 5.74) is 3.23. The van der Waals surface area contributed by atoms with Gasteiger partial charge in [0.15, 0.2) is 5.65 Å². The Bertz CT molecular complexity index is 621. The van der Waals surface area contributed by atoms with Crippen LogP contribution in [0.2, 0.25) is 0 Å². The van der Waals surface area contributed by atoms with Crippen LogP contribution in [0.25, 0.3) is 11.2 Å². The van der Waals surface area contributed by atoms with E-state index in [-0.39, 0.29) is 5.38 Å². The second kappa shape index (κ2) is 5.06. The van der Waals surface area contributed by atoms with Crippen molar-refractivity contribution in [2.45, 2.75) is 57.9 Å². The topological polar surface area (TPSA) is 35.6 Å². The van der Waals surface area contributed by atoms with Gasteiger partial charge in [0.25, 0.3) is 0 Å². The fourth-order valence-corrected chi connectivity index (χ4v) is 3.43. The quantitative estimate of drug-likeness (QED) is 0.799. The standard InChI is InChI=1S/C15H23ClN4/c1-5-12-13-15(19(4)18-12)20(14(17-13)9(2)16)10(3)11-7-6-8-11/h9-11H,5-8H2,1-4H3. The Morgan fingerprint density at radius 1 is 1.35 bits per heavy atom. The average molecular weight is 295 g/mol. The molecule has 4 nitrogen and oxygen atoms in total. The molecule has 1 fully saturated rings. The minimum Gasteiger partial charge on any atom is -0.309 e. The second-order valence-electron chi connectivity index (χ2n) is 5.98. The summed E-state index contributed by atoms with van der Waals surface area (Å²) >= 11 is 6.38. The summed E-state index contributed by atoms with van der Waals surface area (Å²) in [6.07, 6.45) is 4.89. The van der Waals surface area contributed by atoms with E-state index < -0.39 is 0 Å². The van der Waals surface area contributed by atoms with Gasteiger partial charge in [-0.15, -0.1) is 11.6 Å². The van der Waals surface area contributed by atoms with Crippen molar-refractivity contribution < 1.29 is 0 Å². The van der Waals surface area contributed by atoms with Gasteiger partial charge in [0.1, 0.15) is 11.3 Å². The lowest BCUT2D eigenvalue weighted by molar-refractivity contribution is 0.221. The van der Waals surface area contributed by atoms with Gasteiger partial charge in [0.05, 0.1) is 11.1 Å². The Morgan fingerprint density at radius 3 is 2.55 bits per heavy atom. The predicted octanol–water partition coefficient (Wildman–Crippen LogP) is 3.99. The van der Waals surface area contributed by atoms with Crippen molar-refractivity contribution in [3.8, 4) is 0 Å². The highest BCUT2D eigenvalue weighted by Crippen LogP contribution is 2.40. The van der Waals surface area contributed by atoms with E-state index in [2.05, 4.69) is 23.5 Å². The molecular formula is C15H23ClN4. The predicted molar refractivity (Wildman–Crippen MR) is 82.2 cm³/mol. The first kappa shape index (κ1) is 13.9. The van der Waals surface area contributed by atoms with Gasteiger partial charge >= 0.3 is 0 Å². The van der Waals surface area contributed by atoms with Crippen LogP contribution in [0.4, 0.5) is 0 Å². The number of hydrogen-bond acceptors (Lipinski definition) is 2. The molecule has 0 saturated heterocycles. The molecule has 0 radical (unpaired) electrons. The van der Waals surface area contributed by atoms with E-state index in [1.807, 2.05) is 18.7 Å². The summed E-state index contributed by atoms with van der Waals surface area (Å²) in [4.78, 5) is 4.81. The highest BCUT2D eigenvalue weighted by Gasteiger charge is 2.31. The molecule has 2 aromatic rings. The molecule has 5 heteroatoms. The average Bonchev–Trinajstić information content (AvgIpc) is 2.85. The van der Waals surface area contributed by atoms with Crippen molar-refractivity contribution in [2.24, 2.45) is 13.0 Å². The van der Waals surface area contributed by atoms with Crippen molar-refractivity contribution in [1.82, 2.24) is 19.3 Å². The molecule has 110 valence electrons. The number of aromatic nitrogens is 4. The van der Waals surface area contributed by atoms with E-state index in [0.717, 1.165) is 35.0 Å². The molecular weight excluding hydrogens is 272 g/mol. The summed E-state index contributed by atoms with van der Waals surface area (Å²) in [5.74, 6) is 1.74. The Kier molecular flexibility index (Phi) is 3.53. The third kappa shape index (κ3) is 1.96. The van der Waals surface area contributed by atoms with E-state index in [1.165, 1.54) is 19.3 Å². The number of alkyl halides is 1. The molecule has 0 aromatic carbocycles. The van der Waals surface area contributed by atoms with Crippen LogP contribution in [0, 0.1) is 5.92 Å². The molecule has 3 rings (SSSR count). The van der Waals surface area contributed by atoms with Crippen LogP contribution in [0.3, 0.4) is 0 Å². The van der Waals surface area contributed by atoms with Crippen molar-refractivity contribution in [2.75, 3.05) is 0 Å². The molecule has 2 heterocycles. The molecule has 0 spiro atoms. The summed E-state index contributed by atoms with van der Waals surface area (Å²) in [5, 5.41) is 4.53. The summed E-state index contributed by atoms with van der Waals surface area (Å²) < 4.78 is 4.31. The highest BCUT2D eigenvalue weighted by atomic mass is 35.5. The fourth-order valence-electron chi connectivity index (χ4n) is 3.27. The monoisotopic (exact) mass is 294 g/mol. The van der Waals surface area contributed by atoms with Gasteiger partial charge in [-0.05, 0) is 39.0 Å². The molecule has 0 N–H and O–H groups in total. The molecule has 0 amide bonds. The first-order chi connectivity index (χ1) is 9.54. The number of aryl methyl sites for hydroxylation is 2. The summed E-state index contributed by atoms with van der Waals surface area (Å²) in [6, 6.07) is 0.449. The Labute approximate surface area is 125 Å². The van der Waals surface area contributed by atoms with Crippen LogP contribution in [0.1, 0.15) is 63.0 Å². The molecule has 2 aromatic heterocycles. The number of fused-ring (bicyclic) bond motifs is 1. The van der Waals surface area contributed by atoms with Crippen molar-refractivity contribution in [1.29, 1.82) is 0 Å². The first-order valence-electron chi connectivity index (χ1n) is 7.62. The van der Waals surface area contributed by atoms with Crippen LogP contribution in [-0.4, -0.2) is 19.3 Å². The van der Waals surface area contributed by atoms with E-state index in [9.17, 15) is 0 Å². The minimum absolute atomic E-state index is 0.0744. The van der Waals surface area contributed by atoms with E-state index in [1.54, 1.807) is 0 Å². The second-order valence-corrected chi connectivity index (χ2v) is 6.64. The minimum atomic E-state index is -0.0744. The van der Waals surface area contributed by atoms with Gasteiger partial charge in [-0.1, -0.05) is 13.3 Å². The first-order valence-corrected chi connectivity index (χ1v) is 8.06. The molecule has 0 aliphatic heterocycles. The smallest absolute Gasteiger partial charge is 0.158 e.